The van der Waals surface area contributed by atoms with E-state index in [1.165, 1.54) is 16.0 Å². The Morgan fingerprint density at radius 1 is 1.32 bits per heavy atom. The van der Waals surface area contributed by atoms with Gasteiger partial charge in [0.1, 0.15) is 5.02 Å². The second-order valence-electron chi connectivity index (χ2n) is 6.54. The van der Waals surface area contributed by atoms with Gasteiger partial charge in [-0.2, -0.15) is 9.78 Å². The van der Waals surface area contributed by atoms with Crippen LogP contribution in [0.3, 0.4) is 0 Å². The number of carbonyl (C=O) groups excluding carboxylic acids is 1. The van der Waals surface area contributed by atoms with Crippen LogP contribution in [0, 0.1) is 5.92 Å². The number of aromatic nitrogens is 3. The van der Waals surface area contributed by atoms with Gasteiger partial charge in [0.15, 0.2) is 0 Å². The third-order valence-corrected chi connectivity index (χ3v) is 6.19. The molecule has 4 rings (SSSR count). The third kappa shape index (κ3) is 3.49. The summed E-state index contributed by atoms with van der Waals surface area (Å²) in [6, 6.07) is 7.67. The number of esters is 1. The summed E-state index contributed by atoms with van der Waals surface area (Å²) in [7, 11) is 0. The fourth-order valence-corrected chi connectivity index (χ4v) is 4.52. The second-order valence-corrected chi connectivity index (χ2v) is 7.93. The molecule has 0 bridgehead atoms. The van der Waals surface area contributed by atoms with Gasteiger partial charge in [0.05, 0.1) is 34.6 Å². The Labute approximate surface area is 170 Å². The minimum Gasteiger partial charge on any atom is -0.466 e. The highest BCUT2D eigenvalue weighted by Crippen LogP contribution is 2.29. The summed E-state index contributed by atoms with van der Waals surface area (Å²) in [5.41, 5.74) is 1.01. The molecule has 0 atom stereocenters. The maximum atomic E-state index is 12.8. The Balaban J connectivity index is 1.57. The number of piperidine rings is 1. The molecule has 3 heterocycles. The number of ether oxygens (including phenoxy) is 1. The van der Waals surface area contributed by atoms with Crippen molar-refractivity contribution in [1.82, 2.24) is 14.8 Å². The predicted octanol–water partition coefficient (Wildman–Crippen LogP) is 3.28. The van der Waals surface area contributed by atoms with Crippen LogP contribution in [0.25, 0.3) is 15.3 Å². The van der Waals surface area contributed by atoms with Crippen molar-refractivity contribution < 1.29 is 9.53 Å². The average molecular weight is 419 g/mol. The van der Waals surface area contributed by atoms with Gasteiger partial charge in [0.25, 0.3) is 5.56 Å². The first-order valence-electron chi connectivity index (χ1n) is 9.14. The minimum atomic E-state index is -0.397. The van der Waals surface area contributed by atoms with E-state index in [1.54, 1.807) is 13.1 Å². The van der Waals surface area contributed by atoms with E-state index in [0.717, 1.165) is 10.2 Å². The van der Waals surface area contributed by atoms with E-state index < -0.39 is 5.56 Å². The molecule has 7 nitrogen and oxygen atoms in total. The molecule has 0 spiro atoms. The van der Waals surface area contributed by atoms with Crippen molar-refractivity contribution >= 4 is 44.8 Å². The number of carbonyl (C=O) groups is 1. The molecule has 9 heteroatoms. The number of hydrogen-bond donors (Lipinski definition) is 0. The number of hydrogen-bond acceptors (Lipinski definition) is 7. The van der Waals surface area contributed by atoms with Gasteiger partial charge in [-0.25, -0.2) is 4.98 Å². The molecule has 1 aromatic carbocycles. The van der Waals surface area contributed by atoms with Gasteiger partial charge in [-0.15, -0.1) is 0 Å². The molecule has 0 aliphatic carbocycles. The Hall–Kier alpha value is -2.45. The number of anilines is 1. The molecule has 1 fully saturated rings. The van der Waals surface area contributed by atoms with Crippen molar-refractivity contribution in [2.45, 2.75) is 19.8 Å². The zero-order valence-corrected chi connectivity index (χ0v) is 16.9. The molecule has 2 aromatic heterocycles. The van der Waals surface area contributed by atoms with Crippen LogP contribution in [-0.4, -0.2) is 40.4 Å². The zero-order valence-electron chi connectivity index (χ0n) is 15.3. The number of thiazole rings is 1. The number of benzene rings is 1. The van der Waals surface area contributed by atoms with Crippen LogP contribution in [-0.2, 0) is 9.53 Å². The molecule has 0 amide bonds. The Morgan fingerprint density at radius 3 is 2.79 bits per heavy atom. The van der Waals surface area contributed by atoms with Crippen molar-refractivity contribution in [3.63, 3.8) is 0 Å². The van der Waals surface area contributed by atoms with E-state index in [9.17, 15) is 9.59 Å². The molecule has 146 valence electrons. The summed E-state index contributed by atoms with van der Waals surface area (Å²) >= 11 is 7.79. The maximum absolute atomic E-state index is 12.8. The van der Waals surface area contributed by atoms with Crippen LogP contribution >= 0.6 is 22.9 Å². The summed E-state index contributed by atoms with van der Waals surface area (Å²) < 4.78 is 7.32. The van der Waals surface area contributed by atoms with Crippen LogP contribution in [0.4, 0.5) is 5.69 Å². The molecule has 1 saturated heterocycles. The molecule has 3 aromatic rings. The average Bonchev–Trinajstić information content (AvgIpc) is 3.14. The monoisotopic (exact) mass is 418 g/mol. The predicted molar refractivity (Wildman–Crippen MR) is 110 cm³/mol. The van der Waals surface area contributed by atoms with Crippen LogP contribution in [0.1, 0.15) is 19.8 Å². The molecule has 0 unspecified atom stereocenters. The highest BCUT2D eigenvalue weighted by Gasteiger charge is 2.28. The minimum absolute atomic E-state index is 0.106. The van der Waals surface area contributed by atoms with Crippen molar-refractivity contribution in [3.05, 3.63) is 45.8 Å². The number of nitrogens with zero attached hydrogens (tertiary/aromatic N) is 4. The third-order valence-electron chi connectivity index (χ3n) is 4.82. The van der Waals surface area contributed by atoms with Crippen LogP contribution in [0.2, 0.25) is 5.02 Å². The van der Waals surface area contributed by atoms with Gasteiger partial charge in [-0.1, -0.05) is 35.1 Å². The van der Waals surface area contributed by atoms with Gasteiger partial charge in [-0.05, 0) is 31.9 Å². The summed E-state index contributed by atoms with van der Waals surface area (Å²) in [4.78, 5) is 31.2. The normalized spacial score (nSPS) is 15.1. The lowest BCUT2D eigenvalue weighted by Gasteiger charge is -2.32. The molecule has 1 aliphatic heterocycles. The van der Waals surface area contributed by atoms with Gasteiger partial charge in [0.2, 0.25) is 5.13 Å². The molecule has 0 saturated carbocycles. The molecular weight excluding hydrogens is 400 g/mol. The summed E-state index contributed by atoms with van der Waals surface area (Å²) in [6.07, 6.45) is 2.92. The first kappa shape index (κ1) is 18.9. The lowest BCUT2D eigenvalue weighted by atomic mass is 9.97. The Morgan fingerprint density at radius 2 is 2.07 bits per heavy atom. The molecule has 1 aliphatic rings. The van der Waals surface area contributed by atoms with Crippen molar-refractivity contribution in [2.75, 3.05) is 24.6 Å². The number of halogens is 1. The zero-order chi connectivity index (χ0) is 19.7. The number of fused-ring (bicyclic) bond motifs is 1. The molecule has 28 heavy (non-hydrogen) atoms. The standard InChI is InChI=1S/C19H19ClN4O3S/c1-2-27-18(26)12-7-9-23(10-8-12)14-11-21-24(17(25)16(14)20)19-22-13-5-3-4-6-15(13)28-19/h3-6,11-12H,2,7-10H2,1H3. The quantitative estimate of drug-likeness (QED) is 0.605. The topological polar surface area (TPSA) is 77.3 Å². The highest BCUT2D eigenvalue weighted by molar-refractivity contribution is 7.20. The molecule has 0 N–H and O–H groups in total. The van der Waals surface area contributed by atoms with Gasteiger partial charge < -0.3 is 9.64 Å². The van der Waals surface area contributed by atoms with E-state index in [2.05, 4.69) is 10.1 Å². The van der Waals surface area contributed by atoms with Gasteiger partial charge >= 0.3 is 5.97 Å². The lowest BCUT2D eigenvalue weighted by molar-refractivity contribution is -0.148. The van der Waals surface area contributed by atoms with E-state index in [-0.39, 0.29) is 16.9 Å². The maximum Gasteiger partial charge on any atom is 0.309 e. The highest BCUT2D eigenvalue weighted by atomic mass is 35.5. The van der Waals surface area contributed by atoms with Crippen molar-refractivity contribution in [3.8, 4) is 5.13 Å². The van der Waals surface area contributed by atoms with E-state index in [0.29, 0.717) is 43.4 Å². The summed E-state index contributed by atoms with van der Waals surface area (Å²) in [5.74, 6) is -0.260. The van der Waals surface area contributed by atoms with E-state index in [1.807, 2.05) is 29.2 Å². The van der Waals surface area contributed by atoms with Gasteiger partial charge in [-0.3, -0.25) is 9.59 Å². The SMILES string of the molecule is CCOC(=O)C1CCN(c2cnn(-c3nc4ccccc4s3)c(=O)c2Cl)CC1. The summed E-state index contributed by atoms with van der Waals surface area (Å²) in [6.45, 7) is 3.43. The fourth-order valence-electron chi connectivity index (χ4n) is 3.35. The van der Waals surface area contributed by atoms with Crippen LogP contribution in [0.15, 0.2) is 35.3 Å². The Kier molecular flexibility index (Phi) is 5.32. The smallest absolute Gasteiger partial charge is 0.309 e. The van der Waals surface area contributed by atoms with Crippen molar-refractivity contribution in [2.24, 2.45) is 5.92 Å². The van der Waals surface area contributed by atoms with Crippen LogP contribution in [0.5, 0.6) is 0 Å². The molecular formula is C19H19ClN4O3S. The Bertz CT molecular complexity index is 1040. The number of para-hydroxylation sites is 1. The van der Waals surface area contributed by atoms with Crippen molar-refractivity contribution in [1.29, 1.82) is 0 Å². The van der Waals surface area contributed by atoms with Gasteiger partial charge in [0, 0.05) is 13.1 Å². The summed E-state index contributed by atoms with van der Waals surface area (Å²) in [5, 5.41) is 4.90. The molecule has 0 radical (unpaired) electrons. The first-order valence-corrected chi connectivity index (χ1v) is 10.3. The largest absolute Gasteiger partial charge is 0.466 e. The number of rotatable bonds is 4. The van der Waals surface area contributed by atoms with Crippen LogP contribution < -0.4 is 10.5 Å². The fraction of sp³-hybridized carbons (Fsp3) is 0.368. The lowest BCUT2D eigenvalue weighted by Crippen LogP contribution is -2.38. The first-order chi connectivity index (χ1) is 13.6. The van der Waals surface area contributed by atoms with E-state index in [4.69, 9.17) is 16.3 Å². The van der Waals surface area contributed by atoms with E-state index >= 15 is 0 Å². The second kappa shape index (κ2) is 7.89.